The summed E-state index contributed by atoms with van der Waals surface area (Å²) in [6.07, 6.45) is 1.77. The number of rotatable bonds is 3. The van der Waals surface area contributed by atoms with Crippen LogP contribution in [0.2, 0.25) is 5.02 Å². The smallest absolute Gasteiger partial charge is 0.340 e. The molecule has 5 nitrogen and oxygen atoms in total. The predicted molar refractivity (Wildman–Crippen MR) is 68.2 cm³/mol. The van der Waals surface area contributed by atoms with Crippen LogP contribution in [0.25, 0.3) is 0 Å². The number of esters is 1. The summed E-state index contributed by atoms with van der Waals surface area (Å²) < 4.78 is 6.74. The van der Waals surface area contributed by atoms with Crippen LogP contribution in [0.4, 0.5) is 5.69 Å². The first kappa shape index (κ1) is 12.4. The second kappa shape index (κ2) is 5.10. The van der Waals surface area contributed by atoms with Gasteiger partial charge in [0.05, 0.1) is 16.3 Å². The van der Waals surface area contributed by atoms with Crippen LogP contribution in [-0.2, 0) is 18.4 Å². The van der Waals surface area contributed by atoms with Crippen molar-refractivity contribution in [3.05, 3.63) is 46.7 Å². The van der Waals surface area contributed by atoms with Gasteiger partial charge in [-0.1, -0.05) is 11.6 Å². The average molecular weight is 266 g/mol. The number of nitrogens with zero attached hydrogens (tertiary/aromatic N) is 2. The summed E-state index contributed by atoms with van der Waals surface area (Å²) >= 11 is 5.90. The van der Waals surface area contributed by atoms with Gasteiger partial charge < -0.3 is 10.5 Å². The molecule has 0 saturated heterocycles. The van der Waals surface area contributed by atoms with Gasteiger partial charge in [0.2, 0.25) is 0 Å². The summed E-state index contributed by atoms with van der Waals surface area (Å²) in [5.41, 5.74) is 6.99. The first-order valence-corrected chi connectivity index (χ1v) is 5.65. The minimum Gasteiger partial charge on any atom is -0.455 e. The number of carbonyl (C=O) groups is 1. The molecule has 0 spiro atoms. The Hall–Kier alpha value is -2.01. The van der Waals surface area contributed by atoms with E-state index < -0.39 is 5.97 Å². The van der Waals surface area contributed by atoms with Gasteiger partial charge in [-0.3, -0.25) is 4.68 Å². The molecule has 2 aromatic rings. The fraction of sp³-hybridized carbons (Fsp3) is 0.167. The highest BCUT2D eigenvalue weighted by Gasteiger charge is 2.12. The first-order chi connectivity index (χ1) is 8.56. The fourth-order valence-electron chi connectivity index (χ4n) is 1.46. The zero-order valence-electron chi connectivity index (χ0n) is 9.76. The summed E-state index contributed by atoms with van der Waals surface area (Å²) in [6.45, 7) is 0.102. The van der Waals surface area contributed by atoms with Crippen LogP contribution in [0.3, 0.4) is 0 Å². The highest BCUT2D eigenvalue weighted by molar-refractivity contribution is 6.33. The third-order valence-electron chi connectivity index (χ3n) is 2.33. The molecule has 2 N–H and O–H groups in total. The van der Waals surface area contributed by atoms with E-state index in [1.54, 1.807) is 36.1 Å². The molecule has 1 aromatic heterocycles. The number of benzene rings is 1. The first-order valence-electron chi connectivity index (χ1n) is 5.27. The Morgan fingerprint density at radius 2 is 2.28 bits per heavy atom. The Labute approximate surface area is 109 Å². The number of nitrogen functional groups attached to an aromatic ring is 1. The molecule has 1 heterocycles. The summed E-state index contributed by atoms with van der Waals surface area (Å²) in [7, 11) is 1.79. The molecule has 0 atom stereocenters. The van der Waals surface area contributed by atoms with Gasteiger partial charge >= 0.3 is 5.97 Å². The molecule has 1 aromatic carbocycles. The lowest BCUT2D eigenvalue weighted by Gasteiger charge is -2.05. The number of nitrogens with two attached hydrogens (primary N) is 1. The Morgan fingerprint density at radius 1 is 1.50 bits per heavy atom. The Bertz CT molecular complexity index is 580. The van der Waals surface area contributed by atoms with Gasteiger partial charge in [0.1, 0.15) is 6.61 Å². The molecule has 0 unspecified atom stereocenters. The monoisotopic (exact) mass is 265 g/mol. The van der Waals surface area contributed by atoms with Gasteiger partial charge in [-0.2, -0.15) is 5.10 Å². The van der Waals surface area contributed by atoms with Crippen molar-refractivity contribution in [1.82, 2.24) is 9.78 Å². The predicted octanol–water partition coefficient (Wildman–Crippen LogP) is 2.01. The molecule has 0 bridgehead atoms. The number of aryl methyl sites for hydroxylation is 1. The van der Waals surface area contributed by atoms with Crippen molar-refractivity contribution in [2.45, 2.75) is 6.61 Å². The highest BCUT2D eigenvalue weighted by atomic mass is 35.5. The van der Waals surface area contributed by atoms with Crippen molar-refractivity contribution in [1.29, 1.82) is 0 Å². The minimum atomic E-state index is -0.516. The van der Waals surface area contributed by atoms with Crippen LogP contribution in [-0.4, -0.2) is 15.7 Å². The second-order valence-corrected chi connectivity index (χ2v) is 4.20. The van der Waals surface area contributed by atoms with Crippen molar-refractivity contribution < 1.29 is 9.53 Å². The van der Waals surface area contributed by atoms with Crippen molar-refractivity contribution in [3.63, 3.8) is 0 Å². The van der Waals surface area contributed by atoms with Crippen molar-refractivity contribution in [2.24, 2.45) is 7.05 Å². The molecule has 0 aliphatic carbocycles. The van der Waals surface area contributed by atoms with Gasteiger partial charge in [-0.15, -0.1) is 0 Å². The van der Waals surface area contributed by atoms with Gasteiger partial charge in [0.15, 0.2) is 0 Å². The van der Waals surface area contributed by atoms with Gasteiger partial charge in [-0.25, -0.2) is 4.79 Å². The normalized spacial score (nSPS) is 10.3. The van der Waals surface area contributed by atoms with E-state index in [4.69, 9.17) is 22.1 Å². The van der Waals surface area contributed by atoms with Crippen molar-refractivity contribution in [2.75, 3.05) is 5.73 Å². The maximum Gasteiger partial charge on any atom is 0.340 e. The lowest BCUT2D eigenvalue weighted by Crippen LogP contribution is -2.07. The third-order valence-corrected chi connectivity index (χ3v) is 2.66. The van der Waals surface area contributed by atoms with E-state index >= 15 is 0 Å². The quantitative estimate of drug-likeness (QED) is 0.681. The van der Waals surface area contributed by atoms with Crippen LogP contribution in [0.15, 0.2) is 30.5 Å². The molecule has 0 aliphatic rings. The van der Waals surface area contributed by atoms with Crippen LogP contribution in [0.5, 0.6) is 0 Å². The SMILES string of the molecule is Cn1ccc(COC(=O)c2cc(N)ccc2Cl)n1. The number of hydrogen-bond donors (Lipinski definition) is 1. The summed E-state index contributed by atoms with van der Waals surface area (Å²) in [5.74, 6) is -0.516. The average Bonchev–Trinajstić information content (AvgIpc) is 2.75. The van der Waals surface area contributed by atoms with Crippen molar-refractivity contribution in [3.8, 4) is 0 Å². The molecule has 18 heavy (non-hydrogen) atoms. The Morgan fingerprint density at radius 3 is 2.94 bits per heavy atom. The minimum absolute atomic E-state index is 0.102. The zero-order valence-corrected chi connectivity index (χ0v) is 10.5. The summed E-state index contributed by atoms with van der Waals surface area (Å²) in [6, 6.07) is 6.45. The standard InChI is InChI=1S/C12H12ClN3O2/c1-16-5-4-9(15-16)7-18-12(17)10-6-8(14)2-3-11(10)13/h2-6H,7,14H2,1H3. The number of ether oxygens (including phenoxy) is 1. The number of aromatic nitrogens is 2. The molecule has 0 radical (unpaired) electrons. The molecular formula is C12H12ClN3O2. The molecule has 0 fully saturated rings. The van der Waals surface area contributed by atoms with E-state index in [1.807, 2.05) is 0 Å². The summed E-state index contributed by atoms with van der Waals surface area (Å²) in [4.78, 5) is 11.8. The Kier molecular flexibility index (Phi) is 3.53. The van der Waals surface area contributed by atoms with Gasteiger partial charge in [0, 0.05) is 18.9 Å². The molecule has 94 valence electrons. The van der Waals surface area contributed by atoms with E-state index in [9.17, 15) is 4.79 Å². The topological polar surface area (TPSA) is 70.1 Å². The largest absolute Gasteiger partial charge is 0.455 e. The molecular weight excluding hydrogens is 254 g/mol. The lowest BCUT2D eigenvalue weighted by atomic mass is 10.2. The molecule has 0 saturated carbocycles. The third kappa shape index (κ3) is 2.81. The maximum absolute atomic E-state index is 11.8. The van der Waals surface area contributed by atoms with E-state index in [0.29, 0.717) is 16.4 Å². The van der Waals surface area contributed by atoms with Gasteiger partial charge in [-0.05, 0) is 24.3 Å². The molecule has 2 rings (SSSR count). The number of halogens is 1. The van der Waals surface area contributed by atoms with Crippen LogP contribution < -0.4 is 5.73 Å². The van der Waals surface area contributed by atoms with Crippen LogP contribution in [0, 0.1) is 0 Å². The Balaban J connectivity index is 2.05. The van der Waals surface area contributed by atoms with E-state index in [0.717, 1.165) is 0 Å². The molecule has 0 aliphatic heterocycles. The van der Waals surface area contributed by atoms with Crippen LogP contribution >= 0.6 is 11.6 Å². The maximum atomic E-state index is 11.8. The van der Waals surface area contributed by atoms with Crippen LogP contribution in [0.1, 0.15) is 16.1 Å². The van der Waals surface area contributed by atoms with Gasteiger partial charge in [0.25, 0.3) is 0 Å². The molecule has 6 heteroatoms. The second-order valence-electron chi connectivity index (χ2n) is 3.80. The van der Waals surface area contributed by atoms with Crippen molar-refractivity contribution >= 4 is 23.3 Å². The zero-order chi connectivity index (χ0) is 13.1. The molecule has 0 amide bonds. The number of carbonyl (C=O) groups excluding carboxylic acids is 1. The van der Waals surface area contributed by atoms with E-state index in [2.05, 4.69) is 5.10 Å². The van der Waals surface area contributed by atoms with E-state index in [-0.39, 0.29) is 12.2 Å². The summed E-state index contributed by atoms with van der Waals surface area (Å²) in [5, 5.41) is 4.41. The number of anilines is 1. The fourth-order valence-corrected chi connectivity index (χ4v) is 1.65. The highest BCUT2D eigenvalue weighted by Crippen LogP contribution is 2.20. The lowest BCUT2D eigenvalue weighted by molar-refractivity contribution is 0.0467. The number of hydrogen-bond acceptors (Lipinski definition) is 4. The van der Waals surface area contributed by atoms with E-state index in [1.165, 1.54) is 6.07 Å².